The topological polar surface area (TPSA) is 70.8 Å². The van der Waals surface area contributed by atoms with Gasteiger partial charge in [0.05, 0.1) is 12.1 Å². The number of ether oxygens (including phenoxy) is 1. The number of hydrogen-bond donors (Lipinski definition) is 3. The summed E-state index contributed by atoms with van der Waals surface area (Å²) in [4.78, 5) is 4.28. The Bertz CT molecular complexity index is 733. The molecule has 0 saturated heterocycles. The molecular formula is C19H25F3N4O2. The first-order valence-electron chi connectivity index (χ1n) is 8.99. The maximum Gasteiger partial charge on any atom is 0.416 e. The van der Waals surface area contributed by atoms with Crippen molar-refractivity contribution in [3.63, 3.8) is 0 Å². The van der Waals surface area contributed by atoms with Crippen LogP contribution in [-0.4, -0.2) is 48.0 Å². The minimum atomic E-state index is -4.44. The fourth-order valence-corrected chi connectivity index (χ4v) is 2.37. The SMILES string of the molecule is CCNC(=NCC(O)COc1cccc(C(F)(F)F)c1)NCCn1cccc1. The van der Waals surface area contributed by atoms with E-state index in [9.17, 15) is 18.3 Å². The summed E-state index contributed by atoms with van der Waals surface area (Å²) in [6.45, 7) is 3.89. The van der Waals surface area contributed by atoms with Crippen molar-refractivity contribution in [2.45, 2.75) is 25.7 Å². The van der Waals surface area contributed by atoms with Crippen LogP contribution in [0.3, 0.4) is 0 Å². The predicted octanol–water partition coefficient (Wildman–Crippen LogP) is 2.50. The van der Waals surface area contributed by atoms with Crippen LogP contribution in [0, 0.1) is 0 Å². The quantitative estimate of drug-likeness (QED) is 0.448. The van der Waals surface area contributed by atoms with Crippen LogP contribution in [-0.2, 0) is 12.7 Å². The Kier molecular flexibility index (Phi) is 8.19. The van der Waals surface area contributed by atoms with E-state index in [1.807, 2.05) is 36.0 Å². The lowest BCUT2D eigenvalue weighted by atomic mass is 10.2. The van der Waals surface area contributed by atoms with Gasteiger partial charge < -0.3 is 25.0 Å². The number of halogens is 3. The molecule has 154 valence electrons. The maximum absolute atomic E-state index is 12.7. The number of aliphatic imine (C=N–C) groups is 1. The van der Waals surface area contributed by atoms with Crippen molar-refractivity contribution in [3.05, 3.63) is 54.4 Å². The van der Waals surface area contributed by atoms with Crippen molar-refractivity contribution < 1.29 is 23.0 Å². The molecule has 3 N–H and O–H groups in total. The zero-order valence-electron chi connectivity index (χ0n) is 15.6. The third-order valence-corrected chi connectivity index (χ3v) is 3.74. The molecule has 9 heteroatoms. The molecule has 2 aromatic rings. The van der Waals surface area contributed by atoms with Crippen molar-refractivity contribution in [1.29, 1.82) is 0 Å². The number of aromatic nitrogens is 1. The minimum Gasteiger partial charge on any atom is -0.491 e. The van der Waals surface area contributed by atoms with Gasteiger partial charge in [-0.05, 0) is 37.3 Å². The fourth-order valence-electron chi connectivity index (χ4n) is 2.37. The fraction of sp³-hybridized carbons (Fsp3) is 0.421. The van der Waals surface area contributed by atoms with Gasteiger partial charge >= 0.3 is 6.18 Å². The molecule has 0 bridgehead atoms. The lowest BCUT2D eigenvalue weighted by molar-refractivity contribution is -0.137. The summed E-state index contributed by atoms with van der Waals surface area (Å²) in [7, 11) is 0. The third kappa shape index (κ3) is 7.51. The molecular weight excluding hydrogens is 373 g/mol. The second kappa shape index (κ2) is 10.6. The minimum absolute atomic E-state index is 0.0506. The molecule has 28 heavy (non-hydrogen) atoms. The van der Waals surface area contributed by atoms with Crippen LogP contribution in [0.15, 0.2) is 53.8 Å². The van der Waals surface area contributed by atoms with E-state index in [0.717, 1.165) is 18.7 Å². The van der Waals surface area contributed by atoms with E-state index in [2.05, 4.69) is 15.6 Å². The summed E-state index contributed by atoms with van der Waals surface area (Å²) in [6.07, 6.45) is -1.47. The maximum atomic E-state index is 12.7. The lowest BCUT2D eigenvalue weighted by Gasteiger charge is -2.14. The summed E-state index contributed by atoms with van der Waals surface area (Å²) in [6, 6.07) is 8.44. The predicted molar refractivity (Wildman–Crippen MR) is 101 cm³/mol. The molecule has 0 aliphatic rings. The van der Waals surface area contributed by atoms with Crippen LogP contribution in [0.25, 0.3) is 0 Å². The average Bonchev–Trinajstić information content (AvgIpc) is 3.17. The zero-order chi connectivity index (χ0) is 20.4. The molecule has 6 nitrogen and oxygen atoms in total. The van der Waals surface area contributed by atoms with Gasteiger partial charge in [0.1, 0.15) is 18.5 Å². The summed E-state index contributed by atoms with van der Waals surface area (Å²) >= 11 is 0. The van der Waals surface area contributed by atoms with E-state index in [4.69, 9.17) is 4.74 Å². The Morgan fingerprint density at radius 2 is 1.96 bits per heavy atom. The number of rotatable bonds is 9. The monoisotopic (exact) mass is 398 g/mol. The average molecular weight is 398 g/mol. The first kappa shape index (κ1) is 21.6. The summed E-state index contributed by atoms with van der Waals surface area (Å²) in [5.41, 5.74) is -0.793. The molecule has 0 spiro atoms. The van der Waals surface area contributed by atoms with Gasteiger partial charge in [0, 0.05) is 32.0 Å². The van der Waals surface area contributed by atoms with Crippen molar-refractivity contribution in [1.82, 2.24) is 15.2 Å². The summed E-state index contributed by atoms with van der Waals surface area (Å²) in [5, 5.41) is 16.2. The van der Waals surface area contributed by atoms with Crippen LogP contribution < -0.4 is 15.4 Å². The molecule has 0 aliphatic heterocycles. The third-order valence-electron chi connectivity index (χ3n) is 3.74. The second-order valence-corrected chi connectivity index (χ2v) is 6.06. The number of nitrogens with zero attached hydrogens (tertiary/aromatic N) is 2. The summed E-state index contributed by atoms with van der Waals surface area (Å²) < 4.78 is 45.4. The van der Waals surface area contributed by atoms with Gasteiger partial charge in [-0.1, -0.05) is 6.07 Å². The standard InChI is InChI=1S/C19H25F3N4O2/c1-2-23-18(24-8-11-26-9-3-4-10-26)25-13-16(27)14-28-17-7-5-6-15(12-17)19(20,21)22/h3-7,9-10,12,16,27H,2,8,11,13-14H2,1H3,(H2,23,24,25). The number of guanidine groups is 1. The highest BCUT2D eigenvalue weighted by Crippen LogP contribution is 2.31. The number of alkyl halides is 3. The Morgan fingerprint density at radius 1 is 1.21 bits per heavy atom. The van der Waals surface area contributed by atoms with E-state index in [1.165, 1.54) is 12.1 Å². The number of benzene rings is 1. The van der Waals surface area contributed by atoms with Crippen LogP contribution in [0.4, 0.5) is 13.2 Å². The number of hydrogen-bond acceptors (Lipinski definition) is 3. The molecule has 0 amide bonds. The van der Waals surface area contributed by atoms with E-state index in [1.54, 1.807) is 0 Å². The number of aliphatic hydroxyl groups is 1. The number of aliphatic hydroxyl groups excluding tert-OH is 1. The second-order valence-electron chi connectivity index (χ2n) is 6.06. The van der Waals surface area contributed by atoms with E-state index in [0.29, 0.717) is 19.0 Å². The number of nitrogens with one attached hydrogen (secondary N) is 2. The van der Waals surface area contributed by atoms with Gasteiger partial charge in [-0.2, -0.15) is 13.2 Å². The first-order chi connectivity index (χ1) is 13.4. The molecule has 0 fully saturated rings. The zero-order valence-corrected chi connectivity index (χ0v) is 15.6. The smallest absolute Gasteiger partial charge is 0.416 e. The Labute approximate surface area is 162 Å². The van der Waals surface area contributed by atoms with E-state index < -0.39 is 17.8 Å². The van der Waals surface area contributed by atoms with Crippen molar-refractivity contribution in [3.8, 4) is 5.75 Å². The molecule has 1 atom stereocenters. The van der Waals surface area contributed by atoms with Crippen LogP contribution in [0.2, 0.25) is 0 Å². The Morgan fingerprint density at radius 3 is 2.64 bits per heavy atom. The van der Waals surface area contributed by atoms with Gasteiger partial charge in [-0.15, -0.1) is 0 Å². The van der Waals surface area contributed by atoms with Gasteiger partial charge in [-0.25, -0.2) is 0 Å². The van der Waals surface area contributed by atoms with Crippen molar-refractivity contribution >= 4 is 5.96 Å². The lowest BCUT2D eigenvalue weighted by Crippen LogP contribution is -2.39. The highest BCUT2D eigenvalue weighted by molar-refractivity contribution is 5.79. The van der Waals surface area contributed by atoms with Crippen LogP contribution in [0.5, 0.6) is 5.75 Å². The molecule has 2 rings (SSSR count). The van der Waals surface area contributed by atoms with Gasteiger partial charge in [0.25, 0.3) is 0 Å². The summed E-state index contributed by atoms with van der Waals surface area (Å²) in [5.74, 6) is 0.599. The van der Waals surface area contributed by atoms with Crippen LogP contribution in [0.1, 0.15) is 12.5 Å². The molecule has 0 aliphatic carbocycles. The Balaban J connectivity index is 1.80. The normalized spacial score (nSPS) is 13.2. The van der Waals surface area contributed by atoms with Crippen molar-refractivity contribution in [2.24, 2.45) is 4.99 Å². The van der Waals surface area contributed by atoms with E-state index in [-0.39, 0.29) is 18.9 Å². The highest BCUT2D eigenvalue weighted by atomic mass is 19.4. The van der Waals surface area contributed by atoms with Gasteiger partial charge in [0.2, 0.25) is 0 Å². The van der Waals surface area contributed by atoms with Gasteiger partial charge in [-0.3, -0.25) is 4.99 Å². The molecule has 1 aromatic heterocycles. The largest absolute Gasteiger partial charge is 0.491 e. The van der Waals surface area contributed by atoms with Crippen LogP contribution >= 0.6 is 0 Å². The molecule has 0 saturated carbocycles. The van der Waals surface area contributed by atoms with Gasteiger partial charge in [0.15, 0.2) is 5.96 Å². The Hall–Kier alpha value is -2.68. The van der Waals surface area contributed by atoms with Crippen molar-refractivity contribution in [2.75, 3.05) is 26.2 Å². The molecule has 1 unspecified atom stereocenters. The first-order valence-corrected chi connectivity index (χ1v) is 8.99. The molecule has 0 radical (unpaired) electrons. The molecule has 1 aromatic carbocycles. The highest BCUT2D eigenvalue weighted by Gasteiger charge is 2.30. The molecule has 1 heterocycles. The van der Waals surface area contributed by atoms with E-state index >= 15 is 0 Å².